The number of aromatic nitrogens is 1. The van der Waals surface area contributed by atoms with Gasteiger partial charge in [0.15, 0.2) is 27.8 Å². The molecule has 1 atom stereocenters. The molecule has 1 aromatic heterocycles. The molecule has 4 heterocycles. The number of allylic oxidation sites excluding steroid dienone is 1. The molecule has 0 N–H and O–H groups in total. The third kappa shape index (κ3) is 3.64. The van der Waals surface area contributed by atoms with Gasteiger partial charge in [-0.2, -0.15) is 0 Å². The average Bonchev–Trinajstić information content (AvgIpc) is 3.57. The highest BCUT2D eigenvalue weighted by atomic mass is 35.5. The first-order chi connectivity index (χ1) is 17.4. The fraction of sp³-hybridized carbons (Fsp3) is 0.240. The van der Waals surface area contributed by atoms with Crippen LogP contribution in [0.4, 0.5) is 0 Å². The van der Waals surface area contributed by atoms with Gasteiger partial charge in [-0.3, -0.25) is 9.36 Å². The second kappa shape index (κ2) is 8.72. The Bertz CT molecular complexity index is 1640. The van der Waals surface area contributed by atoms with Gasteiger partial charge in [-0.25, -0.2) is 9.79 Å². The van der Waals surface area contributed by atoms with Crippen LogP contribution >= 0.6 is 22.9 Å². The van der Waals surface area contributed by atoms with Gasteiger partial charge < -0.3 is 23.7 Å². The maximum atomic E-state index is 13.8. The lowest BCUT2D eigenvalue weighted by atomic mass is 9.95. The van der Waals surface area contributed by atoms with Crippen LogP contribution in [-0.4, -0.2) is 30.7 Å². The van der Waals surface area contributed by atoms with Crippen LogP contribution in [0.1, 0.15) is 31.0 Å². The monoisotopic (exact) mass is 526 g/mol. The first-order valence-electron chi connectivity index (χ1n) is 11.1. The molecule has 184 valence electrons. The van der Waals surface area contributed by atoms with E-state index in [0.29, 0.717) is 54.2 Å². The van der Waals surface area contributed by atoms with E-state index in [0.717, 1.165) is 0 Å². The lowest BCUT2D eigenvalue weighted by Gasteiger charge is -2.24. The number of halogens is 1. The zero-order valence-corrected chi connectivity index (χ0v) is 20.8. The molecule has 6 rings (SSSR count). The topological polar surface area (TPSA) is 97.6 Å². The number of fused-ring (bicyclic) bond motifs is 3. The molecular formula is C25H19ClN2O7S. The summed E-state index contributed by atoms with van der Waals surface area (Å²) in [5.74, 6) is 1.71. The van der Waals surface area contributed by atoms with Crippen LogP contribution in [0.2, 0.25) is 5.02 Å². The molecule has 2 aromatic carbocycles. The molecule has 11 heteroatoms. The molecule has 36 heavy (non-hydrogen) atoms. The van der Waals surface area contributed by atoms with Crippen molar-refractivity contribution in [2.75, 3.05) is 20.2 Å². The van der Waals surface area contributed by atoms with Crippen LogP contribution in [0.5, 0.6) is 23.0 Å². The van der Waals surface area contributed by atoms with Crippen molar-refractivity contribution in [2.24, 2.45) is 4.99 Å². The van der Waals surface area contributed by atoms with Crippen molar-refractivity contribution in [1.82, 2.24) is 4.57 Å². The van der Waals surface area contributed by atoms with Crippen LogP contribution in [0.3, 0.4) is 0 Å². The van der Waals surface area contributed by atoms with E-state index in [1.165, 1.54) is 15.9 Å². The zero-order valence-electron chi connectivity index (χ0n) is 19.2. The predicted molar refractivity (Wildman–Crippen MR) is 131 cm³/mol. The van der Waals surface area contributed by atoms with Gasteiger partial charge in [-0.05, 0) is 49.2 Å². The smallest absolute Gasteiger partial charge is 0.338 e. The fourth-order valence-corrected chi connectivity index (χ4v) is 5.62. The van der Waals surface area contributed by atoms with Crippen molar-refractivity contribution in [1.29, 1.82) is 0 Å². The Hall–Kier alpha value is -3.76. The van der Waals surface area contributed by atoms with Gasteiger partial charge in [0.05, 0.1) is 33.5 Å². The number of nitrogens with zero attached hydrogens (tertiary/aromatic N) is 2. The number of rotatable bonds is 4. The summed E-state index contributed by atoms with van der Waals surface area (Å²) >= 11 is 7.66. The normalized spacial score (nSPS) is 17.8. The molecular weight excluding hydrogens is 508 g/mol. The van der Waals surface area contributed by atoms with Gasteiger partial charge in [-0.15, -0.1) is 0 Å². The third-order valence-corrected chi connectivity index (χ3v) is 7.32. The summed E-state index contributed by atoms with van der Waals surface area (Å²) in [5.41, 5.74) is 1.72. The van der Waals surface area contributed by atoms with E-state index in [-0.39, 0.29) is 31.3 Å². The van der Waals surface area contributed by atoms with E-state index in [4.69, 9.17) is 35.3 Å². The summed E-state index contributed by atoms with van der Waals surface area (Å²) in [6, 6.07) is 7.97. The minimum absolute atomic E-state index is 0.109. The number of hydrogen-bond acceptors (Lipinski definition) is 9. The number of hydrogen-bond donors (Lipinski definition) is 0. The highest BCUT2D eigenvalue weighted by Crippen LogP contribution is 2.39. The summed E-state index contributed by atoms with van der Waals surface area (Å²) in [6.45, 7) is 3.88. The van der Waals surface area contributed by atoms with Crippen molar-refractivity contribution in [3.8, 4) is 23.0 Å². The molecule has 3 aliphatic rings. The van der Waals surface area contributed by atoms with Gasteiger partial charge in [0.2, 0.25) is 13.6 Å². The van der Waals surface area contributed by atoms with Crippen LogP contribution in [-0.2, 0) is 9.53 Å². The Morgan fingerprint density at radius 1 is 1.14 bits per heavy atom. The van der Waals surface area contributed by atoms with E-state index >= 15 is 0 Å². The van der Waals surface area contributed by atoms with Crippen molar-refractivity contribution in [2.45, 2.75) is 19.9 Å². The molecule has 0 spiro atoms. The summed E-state index contributed by atoms with van der Waals surface area (Å²) < 4.78 is 29.0. The lowest BCUT2D eigenvalue weighted by Crippen LogP contribution is -2.39. The van der Waals surface area contributed by atoms with Crippen molar-refractivity contribution < 1.29 is 28.5 Å². The SMILES string of the molecule is CCOC(=O)C1=C(C)N=c2s/c(=C\c3cc4c(cc3Cl)OCO4)c(=O)n2[C@H]1c1ccc2c(c1)OCO2. The van der Waals surface area contributed by atoms with E-state index in [1.807, 2.05) is 6.07 Å². The zero-order chi connectivity index (χ0) is 25.0. The highest BCUT2D eigenvalue weighted by molar-refractivity contribution is 7.07. The number of thiazole rings is 1. The van der Waals surface area contributed by atoms with E-state index in [1.54, 1.807) is 44.2 Å². The molecule has 9 nitrogen and oxygen atoms in total. The molecule has 0 radical (unpaired) electrons. The summed E-state index contributed by atoms with van der Waals surface area (Å²) in [6.07, 6.45) is 1.69. The van der Waals surface area contributed by atoms with Crippen LogP contribution < -0.4 is 33.8 Å². The van der Waals surface area contributed by atoms with Gasteiger partial charge in [-0.1, -0.05) is 29.0 Å². The maximum absolute atomic E-state index is 13.8. The van der Waals surface area contributed by atoms with Gasteiger partial charge in [0.25, 0.3) is 5.56 Å². The highest BCUT2D eigenvalue weighted by Gasteiger charge is 2.34. The van der Waals surface area contributed by atoms with Crippen molar-refractivity contribution in [3.63, 3.8) is 0 Å². The number of carbonyl (C=O) groups is 1. The number of esters is 1. The first kappa shape index (κ1) is 22.7. The number of benzene rings is 2. The minimum atomic E-state index is -0.760. The molecule has 0 saturated carbocycles. The summed E-state index contributed by atoms with van der Waals surface area (Å²) in [7, 11) is 0. The Kier molecular flexibility index (Phi) is 5.50. The Morgan fingerprint density at radius 2 is 1.83 bits per heavy atom. The molecule has 0 amide bonds. The fourth-order valence-electron chi connectivity index (χ4n) is 4.37. The summed E-state index contributed by atoms with van der Waals surface area (Å²) in [4.78, 5) is 31.8. The molecule has 0 fully saturated rings. The lowest BCUT2D eigenvalue weighted by molar-refractivity contribution is -0.139. The third-order valence-electron chi connectivity index (χ3n) is 6.01. The Labute approximate surface area is 213 Å². The standard InChI is InChI=1S/C25H19ClN2O7S/c1-3-31-24(30)21-12(2)27-25-28(22(21)13-4-5-16-17(6-13)33-10-32-16)23(29)20(36-25)8-14-7-18-19(9-15(14)26)35-11-34-18/h4-9,22H,3,10-11H2,1-2H3/b20-8-/t22-/m0/s1. The van der Waals surface area contributed by atoms with Crippen molar-refractivity contribution in [3.05, 3.63) is 77.4 Å². The van der Waals surface area contributed by atoms with Crippen molar-refractivity contribution >= 4 is 35.0 Å². The summed E-state index contributed by atoms with van der Waals surface area (Å²) in [5, 5.41) is 0.417. The van der Waals surface area contributed by atoms with Crippen LogP contribution in [0.15, 0.2) is 51.4 Å². The molecule has 3 aromatic rings. The molecule has 3 aliphatic heterocycles. The molecule has 0 saturated heterocycles. The number of ether oxygens (including phenoxy) is 5. The Morgan fingerprint density at radius 3 is 2.58 bits per heavy atom. The van der Waals surface area contributed by atoms with Gasteiger partial charge >= 0.3 is 5.97 Å². The largest absolute Gasteiger partial charge is 0.463 e. The minimum Gasteiger partial charge on any atom is -0.463 e. The molecule has 0 bridgehead atoms. The number of carbonyl (C=O) groups excluding carboxylic acids is 1. The first-order valence-corrected chi connectivity index (χ1v) is 12.3. The maximum Gasteiger partial charge on any atom is 0.338 e. The van der Waals surface area contributed by atoms with E-state index in [9.17, 15) is 9.59 Å². The quantitative estimate of drug-likeness (QED) is 0.482. The second-order valence-electron chi connectivity index (χ2n) is 8.14. The Balaban J connectivity index is 1.54. The van der Waals surface area contributed by atoms with E-state index in [2.05, 4.69) is 4.99 Å². The predicted octanol–water partition coefficient (Wildman–Crippen LogP) is 2.91. The second-order valence-corrected chi connectivity index (χ2v) is 9.56. The average molecular weight is 527 g/mol. The van der Waals surface area contributed by atoms with Crippen LogP contribution in [0, 0.1) is 0 Å². The van der Waals surface area contributed by atoms with E-state index < -0.39 is 12.0 Å². The molecule has 0 aliphatic carbocycles. The van der Waals surface area contributed by atoms with Crippen LogP contribution in [0.25, 0.3) is 6.08 Å². The van der Waals surface area contributed by atoms with Gasteiger partial charge in [0, 0.05) is 6.07 Å². The van der Waals surface area contributed by atoms with Gasteiger partial charge in [0.1, 0.15) is 0 Å². The molecule has 0 unspecified atom stereocenters.